The first-order chi connectivity index (χ1) is 16.4. The third kappa shape index (κ3) is 4.70. The van der Waals surface area contributed by atoms with Gasteiger partial charge in [-0.2, -0.15) is 0 Å². The van der Waals surface area contributed by atoms with E-state index in [1.807, 2.05) is 6.92 Å². The Kier molecular flexibility index (Phi) is 6.22. The first-order valence-corrected chi connectivity index (χ1v) is 10.3. The number of amides is 2. The van der Waals surface area contributed by atoms with Gasteiger partial charge in [-0.25, -0.2) is 0 Å². The largest absolute Gasteiger partial charge is 0.455 e. The van der Waals surface area contributed by atoms with Gasteiger partial charge in [-0.3, -0.25) is 28.7 Å². The second-order valence-electron chi connectivity index (χ2n) is 7.47. The number of aromatic amines is 1. The van der Waals surface area contributed by atoms with E-state index in [9.17, 15) is 19.2 Å². The molecule has 0 aliphatic carbocycles. The summed E-state index contributed by atoms with van der Waals surface area (Å²) in [4.78, 5) is 55.7. The molecule has 0 bridgehead atoms. The van der Waals surface area contributed by atoms with E-state index in [4.69, 9.17) is 4.74 Å². The van der Waals surface area contributed by atoms with Gasteiger partial charge < -0.3 is 20.4 Å². The third-order valence-electron chi connectivity index (χ3n) is 5.01. The van der Waals surface area contributed by atoms with Gasteiger partial charge in [-0.15, -0.1) is 0 Å². The SMILES string of the molecule is CNC(=O)c1cc(Oc2cc(C)ccc2NC(=O)Cn2c(=O)c(=O)[nH]c3ccccc32)ccn1. The molecule has 2 aromatic carbocycles. The number of benzene rings is 2. The molecular weight excluding hydrogens is 438 g/mol. The van der Waals surface area contributed by atoms with Gasteiger partial charge in [-0.05, 0) is 42.8 Å². The number of H-pyrrole nitrogens is 1. The highest BCUT2D eigenvalue weighted by atomic mass is 16.5. The van der Waals surface area contributed by atoms with Gasteiger partial charge in [0, 0.05) is 19.3 Å². The van der Waals surface area contributed by atoms with Crippen molar-refractivity contribution in [3.63, 3.8) is 0 Å². The minimum atomic E-state index is -0.826. The molecule has 4 aromatic rings. The number of hydrogen-bond donors (Lipinski definition) is 3. The van der Waals surface area contributed by atoms with Gasteiger partial charge in [0.25, 0.3) is 5.91 Å². The standard InChI is InChI=1S/C24H21N5O5/c1-14-7-8-17(20(11-14)34-15-9-10-26-18(12-15)22(31)25-2)27-21(30)13-29-19-6-4-3-5-16(19)28-23(32)24(29)33/h3-12H,13H2,1-2H3,(H,25,31)(H,27,30)(H,28,32). The number of fused-ring (bicyclic) bond motifs is 1. The van der Waals surface area contributed by atoms with Crippen LogP contribution in [0, 0.1) is 6.92 Å². The van der Waals surface area contributed by atoms with Crippen LogP contribution in [0.2, 0.25) is 0 Å². The lowest BCUT2D eigenvalue weighted by Crippen LogP contribution is -2.38. The van der Waals surface area contributed by atoms with Crippen molar-refractivity contribution in [3.05, 3.63) is 92.8 Å². The number of hydrogen-bond acceptors (Lipinski definition) is 6. The average Bonchev–Trinajstić information content (AvgIpc) is 2.83. The van der Waals surface area contributed by atoms with Crippen LogP contribution in [0.1, 0.15) is 16.1 Å². The quantitative estimate of drug-likeness (QED) is 0.378. The highest BCUT2D eigenvalue weighted by molar-refractivity contribution is 5.93. The van der Waals surface area contributed by atoms with Gasteiger partial charge in [0.05, 0.1) is 16.7 Å². The maximum absolute atomic E-state index is 12.9. The van der Waals surface area contributed by atoms with Crippen molar-refractivity contribution in [1.82, 2.24) is 19.9 Å². The lowest BCUT2D eigenvalue weighted by molar-refractivity contribution is -0.116. The summed E-state index contributed by atoms with van der Waals surface area (Å²) >= 11 is 0. The maximum atomic E-state index is 12.9. The molecule has 0 saturated heterocycles. The second-order valence-corrected chi connectivity index (χ2v) is 7.47. The molecule has 172 valence electrons. The minimum Gasteiger partial charge on any atom is -0.455 e. The number of rotatable bonds is 6. The molecule has 4 rings (SSSR count). The summed E-state index contributed by atoms with van der Waals surface area (Å²) in [5.41, 5.74) is 0.661. The molecule has 10 heteroatoms. The molecule has 0 spiro atoms. The molecule has 0 fully saturated rings. The van der Waals surface area contributed by atoms with E-state index in [1.54, 1.807) is 48.5 Å². The summed E-state index contributed by atoms with van der Waals surface area (Å²) in [7, 11) is 1.50. The van der Waals surface area contributed by atoms with Crippen molar-refractivity contribution < 1.29 is 14.3 Å². The zero-order valence-electron chi connectivity index (χ0n) is 18.4. The molecule has 10 nitrogen and oxygen atoms in total. The number of carbonyl (C=O) groups is 2. The molecular formula is C24H21N5O5. The Morgan fingerprint density at radius 3 is 2.68 bits per heavy atom. The van der Waals surface area contributed by atoms with E-state index in [0.29, 0.717) is 28.2 Å². The summed E-state index contributed by atoms with van der Waals surface area (Å²) in [6.07, 6.45) is 1.44. The predicted molar refractivity (Wildman–Crippen MR) is 126 cm³/mol. The third-order valence-corrected chi connectivity index (χ3v) is 5.01. The van der Waals surface area contributed by atoms with Crippen molar-refractivity contribution in [2.75, 3.05) is 12.4 Å². The number of ether oxygens (including phenoxy) is 1. The summed E-state index contributed by atoms with van der Waals surface area (Å²) in [5, 5.41) is 5.23. The smallest absolute Gasteiger partial charge is 0.317 e. The molecule has 0 atom stereocenters. The van der Waals surface area contributed by atoms with E-state index >= 15 is 0 Å². The molecule has 0 aliphatic rings. The van der Waals surface area contributed by atoms with Gasteiger partial charge in [0.15, 0.2) is 5.75 Å². The Morgan fingerprint density at radius 1 is 1.09 bits per heavy atom. The van der Waals surface area contributed by atoms with Crippen LogP contribution in [0.4, 0.5) is 5.69 Å². The Morgan fingerprint density at radius 2 is 1.88 bits per heavy atom. The van der Waals surface area contributed by atoms with Crippen molar-refractivity contribution in [3.8, 4) is 11.5 Å². The zero-order chi connectivity index (χ0) is 24.2. The van der Waals surface area contributed by atoms with E-state index < -0.39 is 17.0 Å². The van der Waals surface area contributed by atoms with Crippen molar-refractivity contribution in [2.45, 2.75) is 13.5 Å². The van der Waals surface area contributed by atoms with Gasteiger partial charge in [0.1, 0.15) is 18.0 Å². The normalized spacial score (nSPS) is 10.6. The first kappa shape index (κ1) is 22.5. The van der Waals surface area contributed by atoms with Crippen molar-refractivity contribution >= 4 is 28.5 Å². The predicted octanol–water partition coefficient (Wildman–Crippen LogP) is 2.18. The molecule has 0 unspecified atom stereocenters. The zero-order valence-corrected chi connectivity index (χ0v) is 18.4. The molecule has 0 aliphatic heterocycles. The lowest BCUT2D eigenvalue weighted by atomic mass is 10.2. The lowest BCUT2D eigenvalue weighted by Gasteiger charge is -2.14. The van der Waals surface area contributed by atoms with E-state index in [-0.39, 0.29) is 18.1 Å². The monoisotopic (exact) mass is 459 g/mol. The number of aryl methyl sites for hydroxylation is 1. The van der Waals surface area contributed by atoms with Crippen LogP contribution in [0.15, 0.2) is 70.4 Å². The summed E-state index contributed by atoms with van der Waals surface area (Å²) in [5.74, 6) is -0.192. The fraction of sp³-hybridized carbons (Fsp3) is 0.125. The fourth-order valence-electron chi connectivity index (χ4n) is 3.38. The topological polar surface area (TPSA) is 135 Å². The molecule has 2 aromatic heterocycles. The maximum Gasteiger partial charge on any atom is 0.317 e. The van der Waals surface area contributed by atoms with Crippen LogP contribution >= 0.6 is 0 Å². The van der Waals surface area contributed by atoms with Gasteiger partial charge in [-0.1, -0.05) is 18.2 Å². The molecule has 2 heterocycles. The highest BCUT2D eigenvalue weighted by Crippen LogP contribution is 2.31. The average molecular weight is 459 g/mol. The van der Waals surface area contributed by atoms with Crippen LogP contribution in [0.5, 0.6) is 11.5 Å². The van der Waals surface area contributed by atoms with Gasteiger partial charge >= 0.3 is 11.1 Å². The van der Waals surface area contributed by atoms with Crippen LogP contribution in [-0.2, 0) is 11.3 Å². The van der Waals surface area contributed by atoms with Crippen LogP contribution in [-0.4, -0.2) is 33.4 Å². The first-order valence-electron chi connectivity index (χ1n) is 10.3. The molecule has 2 amide bonds. The van der Waals surface area contributed by atoms with Crippen LogP contribution in [0.25, 0.3) is 11.0 Å². The molecule has 0 saturated carbocycles. The summed E-state index contributed by atoms with van der Waals surface area (Å²) < 4.78 is 7.05. The number of anilines is 1. The van der Waals surface area contributed by atoms with Crippen molar-refractivity contribution in [2.24, 2.45) is 0 Å². The Labute approximate surface area is 193 Å². The fourth-order valence-corrected chi connectivity index (χ4v) is 3.38. The number of nitrogens with zero attached hydrogens (tertiary/aromatic N) is 2. The summed E-state index contributed by atoms with van der Waals surface area (Å²) in [6.45, 7) is 1.50. The van der Waals surface area contributed by atoms with E-state index in [0.717, 1.165) is 10.1 Å². The Hall–Kier alpha value is -4.73. The minimum absolute atomic E-state index is 0.179. The number of pyridine rings is 1. The van der Waals surface area contributed by atoms with E-state index in [2.05, 4.69) is 20.6 Å². The van der Waals surface area contributed by atoms with Crippen molar-refractivity contribution in [1.29, 1.82) is 0 Å². The van der Waals surface area contributed by atoms with Crippen LogP contribution < -0.4 is 26.5 Å². The number of nitrogens with one attached hydrogen (secondary N) is 3. The molecule has 3 N–H and O–H groups in total. The molecule has 0 radical (unpaired) electrons. The second kappa shape index (κ2) is 9.41. The molecule has 34 heavy (non-hydrogen) atoms. The Balaban J connectivity index is 1.61. The van der Waals surface area contributed by atoms with Crippen LogP contribution in [0.3, 0.4) is 0 Å². The van der Waals surface area contributed by atoms with E-state index in [1.165, 1.54) is 19.3 Å². The number of para-hydroxylation sites is 2. The summed E-state index contributed by atoms with van der Waals surface area (Å²) in [6, 6.07) is 15.0. The Bertz CT molecular complexity index is 1520. The number of aromatic nitrogens is 3. The highest BCUT2D eigenvalue weighted by Gasteiger charge is 2.15. The van der Waals surface area contributed by atoms with Gasteiger partial charge in [0.2, 0.25) is 5.91 Å². The number of carbonyl (C=O) groups excluding carboxylic acids is 2.